The molecule has 3 rings (SSSR count). The van der Waals surface area contributed by atoms with Crippen LogP contribution in [0.2, 0.25) is 0 Å². The van der Waals surface area contributed by atoms with Crippen LogP contribution in [0.5, 0.6) is 0 Å². The van der Waals surface area contributed by atoms with Gasteiger partial charge in [-0.25, -0.2) is 0 Å². The van der Waals surface area contributed by atoms with Crippen LogP contribution in [-0.2, 0) is 0 Å². The lowest BCUT2D eigenvalue weighted by molar-refractivity contribution is 0.288. The summed E-state index contributed by atoms with van der Waals surface area (Å²) in [7, 11) is 0. The van der Waals surface area contributed by atoms with E-state index in [9.17, 15) is 0 Å². The number of pyridine rings is 2. The van der Waals surface area contributed by atoms with E-state index in [-0.39, 0.29) is 0 Å². The second-order valence-corrected chi connectivity index (χ2v) is 5.73. The van der Waals surface area contributed by atoms with Crippen LogP contribution >= 0.6 is 15.9 Å². The average Bonchev–Trinajstić information content (AvgIpc) is 2.47. The second kappa shape index (κ2) is 5.78. The summed E-state index contributed by atoms with van der Waals surface area (Å²) >= 11 is 3.44. The van der Waals surface area contributed by atoms with Gasteiger partial charge in [0.05, 0.1) is 17.7 Å². The zero-order chi connectivity index (χ0) is 13.9. The molecule has 0 bridgehead atoms. The van der Waals surface area contributed by atoms with Crippen LogP contribution in [-0.4, -0.2) is 47.6 Å². The minimum Gasteiger partial charge on any atom is -0.367 e. The third kappa shape index (κ3) is 2.62. The van der Waals surface area contributed by atoms with Crippen molar-refractivity contribution in [3.63, 3.8) is 0 Å². The highest BCUT2D eigenvalue weighted by atomic mass is 79.9. The van der Waals surface area contributed by atoms with Gasteiger partial charge in [-0.2, -0.15) is 0 Å². The van der Waals surface area contributed by atoms with Gasteiger partial charge in [-0.1, -0.05) is 5.92 Å². The minimum absolute atomic E-state index is 0.732. The Kier molecular flexibility index (Phi) is 3.86. The zero-order valence-electron chi connectivity index (χ0n) is 11.1. The van der Waals surface area contributed by atoms with E-state index in [1.165, 1.54) is 0 Å². The van der Waals surface area contributed by atoms with E-state index in [0.717, 1.165) is 53.9 Å². The van der Waals surface area contributed by atoms with Gasteiger partial charge in [-0.15, -0.1) is 6.42 Å². The van der Waals surface area contributed by atoms with Gasteiger partial charge >= 0.3 is 0 Å². The third-order valence-electron chi connectivity index (χ3n) is 3.55. The maximum Gasteiger partial charge on any atom is 0.112 e. The standard InChI is InChI=1S/C15H15BrN4/c1-2-5-19-6-8-20(9-7-19)14-3-4-17-13-10-12(16)11-18-15(13)14/h1,3-4,10-11H,5-9H2. The van der Waals surface area contributed by atoms with Crippen LogP contribution in [0.4, 0.5) is 5.69 Å². The number of anilines is 1. The largest absolute Gasteiger partial charge is 0.367 e. The number of terminal acetylenes is 1. The number of aromatic nitrogens is 2. The fraction of sp³-hybridized carbons (Fsp3) is 0.333. The first-order valence-electron chi connectivity index (χ1n) is 6.59. The molecule has 5 heteroatoms. The summed E-state index contributed by atoms with van der Waals surface area (Å²) in [4.78, 5) is 13.6. The van der Waals surface area contributed by atoms with Crippen molar-refractivity contribution < 1.29 is 0 Å². The Labute approximate surface area is 126 Å². The minimum atomic E-state index is 0.732. The topological polar surface area (TPSA) is 32.3 Å². The summed E-state index contributed by atoms with van der Waals surface area (Å²) in [6.45, 7) is 4.66. The number of rotatable bonds is 2. The SMILES string of the molecule is C#CCN1CCN(c2ccnc3cc(Br)cnc23)CC1. The molecule has 0 radical (unpaired) electrons. The van der Waals surface area contributed by atoms with E-state index in [1.54, 1.807) is 0 Å². The first-order chi connectivity index (χ1) is 9.78. The molecule has 4 nitrogen and oxygen atoms in total. The molecule has 1 aliphatic heterocycles. The molecule has 0 saturated carbocycles. The Hall–Kier alpha value is -1.64. The third-order valence-corrected chi connectivity index (χ3v) is 3.98. The molecule has 0 aliphatic carbocycles. The Morgan fingerprint density at radius 3 is 2.80 bits per heavy atom. The zero-order valence-corrected chi connectivity index (χ0v) is 12.7. The highest BCUT2D eigenvalue weighted by Gasteiger charge is 2.18. The summed E-state index contributed by atoms with van der Waals surface area (Å²) < 4.78 is 0.952. The lowest BCUT2D eigenvalue weighted by Gasteiger charge is -2.35. The van der Waals surface area contributed by atoms with Crippen molar-refractivity contribution in [2.24, 2.45) is 0 Å². The van der Waals surface area contributed by atoms with E-state index >= 15 is 0 Å². The normalized spacial score (nSPS) is 16.3. The van der Waals surface area contributed by atoms with Gasteiger partial charge in [0.25, 0.3) is 0 Å². The fourth-order valence-electron chi connectivity index (χ4n) is 2.52. The van der Waals surface area contributed by atoms with Crippen molar-refractivity contribution >= 4 is 32.7 Å². The number of piperazine rings is 1. The van der Waals surface area contributed by atoms with E-state index in [2.05, 4.69) is 41.6 Å². The molecule has 2 aromatic heterocycles. The summed E-state index contributed by atoms with van der Waals surface area (Å²) in [5, 5.41) is 0. The van der Waals surface area contributed by atoms with E-state index < -0.39 is 0 Å². The maximum atomic E-state index is 5.37. The van der Waals surface area contributed by atoms with Gasteiger partial charge in [0.2, 0.25) is 0 Å². The van der Waals surface area contributed by atoms with Gasteiger partial charge in [0.15, 0.2) is 0 Å². The van der Waals surface area contributed by atoms with Crippen LogP contribution in [0, 0.1) is 12.3 Å². The molecule has 20 heavy (non-hydrogen) atoms. The molecular formula is C15H15BrN4. The van der Waals surface area contributed by atoms with Gasteiger partial charge in [-0.3, -0.25) is 14.9 Å². The van der Waals surface area contributed by atoms with Gasteiger partial charge in [-0.05, 0) is 28.1 Å². The number of halogens is 1. The van der Waals surface area contributed by atoms with Crippen LogP contribution in [0.15, 0.2) is 29.0 Å². The highest BCUT2D eigenvalue weighted by Crippen LogP contribution is 2.26. The molecule has 3 heterocycles. The maximum absolute atomic E-state index is 5.37. The number of nitrogens with zero attached hydrogens (tertiary/aromatic N) is 4. The van der Waals surface area contributed by atoms with E-state index in [4.69, 9.17) is 6.42 Å². The molecule has 1 aliphatic rings. The molecular weight excluding hydrogens is 316 g/mol. The van der Waals surface area contributed by atoms with Gasteiger partial charge in [0.1, 0.15) is 5.52 Å². The Bertz CT molecular complexity index is 656. The lowest BCUT2D eigenvalue weighted by atomic mass is 10.2. The lowest BCUT2D eigenvalue weighted by Crippen LogP contribution is -2.46. The van der Waals surface area contributed by atoms with Crippen LogP contribution in [0.25, 0.3) is 11.0 Å². The summed E-state index contributed by atoms with van der Waals surface area (Å²) in [6.07, 6.45) is 9.03. The van der Waals surface area contributed by atoms with Crippen molar-refractivity contribution in [1.29, 1.82) is 0 Å². The van der Waals surface area contributed by atoms with Crippen molar-refractivity contribution in [3.8, 4) is 12.3 Å². The Morgan fingerprint density at radius 1 is 1.25 bits per heavy atom. The molecule has 2 aromatic rings. The highest BCUT2D eigenvalue weighted by molar-refractivity contribution is 9.10. The Balaban J connectivity index is 1.87. The molecule has 0 unspecified atom stereocenters. The van der Waals surface area contributed by atoms with E-state index in [1.807, 2.05) is 24.5 Å². The van der Waals surface area contributed by atoms with Crippen LogP contribution in [0.1, 0.15) is 0 Å². The van der Waals surface area contributed by atoms with Gasteiger partial charge in [0, 0.05) is 43.0 Å². The molecule has 102 valence electrons. The summed E-state index contributed by atoms with van der Waals surface area (Å²) in [5.41, 5.74) is 3.03. The summed E-state index contributed by atoms with van der Waals surface area (Å²) in [6, 6.07) is 4.04. The molecule has 0 atom stereocenters. The van der Waals surface area contributed by atoms with Crippen molar-refractivity contribution in [2.45, 2.75) is 0 Å². The monoisotopic (exact) mass is 330 g/mol. The fourth-order valence-corrected chi connectivity index (χ4v) is 2.84. The molecule has 0 spiro atoms. The molecule has 0 N–H and O–H groups in total. The first-order valence-corrected chi connectivity index (χ1v) is 7.38. The van der Waals surface area contributed by atoms with Crippen molar-refractivity contribution in [1.82, 2.24) is 14.9 Å². The molecule has 1 fully saturated rings. The average molecular weight is 331 g/mol. The Morgan fingerprint density at radius 2 is 2.05 bits per heavy atom. The van der Waals surface area contributed by atoms with Crippen molar-refractivity contribution in [3.05, 3.63) is 29.0 Å². The molecule has 0 aromatic carbocycles. The van der Waals surface area contributed by atoms with Crippen LogP contribution < -0.4 is 4.90 Å². The second-order valence-electron chi connectivity index (χ2n) is 4.82. The number of hydrogen-bond donors (Lipinski definition) is 0. The smallest absolute Gasteiger partial charge is 0.112 e. The van der Waals surface area contributed by atoms with Gasteiger partial charge < -0.3 is 4.90 Å². The quantitative estimate of drug-likeness (QED) is 0.790. The number of fused-ring (bicyclic) bond motifs is 1. The summed E-state index contributed by atoms with van der Waals surface area (Å²) in [5.74, 6) is 2.71. The van der Waals surface area contributed by atoms with Crippen molar-refractivity contribution in [2.75, 3.05) is 37.6 Å². The predicted molar refractivity (Wildman–Crippen MR) is 84.7 cm³/mol. The predicted octanol–water partition coefficient (Wildman–Crippen LogP) is 2.15. The number of hydrogen-bond acceptors (Lipinski definition) is 4. The van der Waals surface area contributed by atoms with Crippen LogP contribution in [0.3, 0.4) is 0 Å². The first kappa shape index (κ1) is 13.3. The van der Waals surface area contributed by atoms with E-state index in [0.29, 0.717) is 0 Å². The molecule has 1 saturated heterocycles. The molecule has 0 amide bonds.